The Labute approximate surface area is 205 Å². The number of halogens is 3. The van der Waals surface area contributed by atoms with Crippen LogP contribution in [0.4, 0.5) is 5.69 Å². The second-order valence-corrected chi connectivity index (χ2v) is 9.11. The molecule has 0 heterocycles. The van der Waals surface area contributed by atoms with Crippen molar-refractivity contribution in [1.82, 2.24) is 0 Å². The molecule has 3 rings (SSSR count). The number of phenolic OH excluding ortho intramolecular Hbond substituents is 1. The second kappa shape index (κ2) is 9.65. The van der Waals surface area contributed by atoms with Gasteiger partial charge in [-0.2, -0.15) is 10.5 Å². The molecule has 1 atom stereocenters. The molecule has 0 spiro atoms. The number of amides is 1. The van der Waals surface area contributed by atoms with Crippen LogP contribution in [-0.2, 0) is 0 Å². The molecule has 0 bridgehead atoms. The Hall–Kier alpha value is -2.34. The summed E-state index contributed by atoms with van der Waals surface area (Å²) in [5.41, 5.74) is 2.06. The normalized spacial score (nSPS) is 11.2. The zero-order valence-corrected chi connectivity index (χ0v) is 20.2. The third kappa shape index (κ3) is 4.86. The monoisotopic (exact) mass is 639 g/mol. The minimum absolute atomic E-state index is 0.0991. The summed E-state index contributed by atoms with van der Waals surface area (Å²) in [6.45, 7) is 0. The Kier molecular flexibility index (Phi) is 7.19. The number of anilines is 1. The summed E-state index contributed by atoms with van der Waals surface area (Å²) < 4.78 is 1.38. The number of hydrogen-bond acceptors (Lipinski definition) is 4. The molecule has 3 aromatic carbocycles. The largest absolute Gasteiger partial charge is 0.506 e. The second-order valence-electron chi connectivity index (χ2n) is 6.27. The predicted molar refractivity (Wildman–Crippen MR) is 132 cm³/mol. The first kappa shape index (κ1) is 22.3. The van der Waals surface area contributed by atoms with E-state index in [-0.39, 0.29) is 16.9 Å². The van der Waals surface area contributed by atoms with Gasteiger partial charge in [0.25, 0.3) is 5.91 Å². The van der Waals surface area contributed by atoms with E-state index >= 15 is 0 Å². The number of carbonyl (C=O) groups is 1. The number of nitrogens with one attached hydrogen (secondary N) is 1. The zero-order chi connectivity index (χ0) is 21.8. The highest BCUT2D eigenvalue weighted by Gasteiger charge is 2.19. The minimum atomic E-state index is -0.650. The molecule has 3 aromatic rings. The molecule has 0 saturated carbocycles. The fourth-order valence-corrected chi connectivity index (χ4v) is 4.87. The first-order valence-corrected chi connectivity index (χ1v) is 11.1. The first-order chi connectivity index (χ1) is 14.3. The highest BCUT2D eigenvalue weighted by molar-refractivity contribution is 14.1. The molecule has 0 saturated heterocycles. The molecule has 0 aliphatic carbocycles. The van der Waals surface area contributed by atoms with Crippen molar-refractivity contribution in [3.63, 3.8) is 0 Å². The lowest BCUT2D eigenvalue weighted by Crippen LogP contribution is -2.13. The van der Waals surface area contributed by atoms with Crippen molar-refractivity contribution in [2.45, 2.75) is 5.92 Å². The van der Waals surface area contributed by atoms with Crippen LogP contribution < -0.4 is 5.32 Å². The number of rotatable bonds is 4. The van der Waals surface area contributed by atoms with Gasteiger partial charge in [0, 0.05) is 14.3 Å². The fraction of sp³-hybridized carbons (Fsp3) is 0.0455. The van der Waals surface area contributed by atoms with Crippen LogP contribution in [0.2, 0.25) is 5.02 Å². The fourth-order valence-electron chi connectivity index (χ4n) is 2.90. The number of nitriles is 2. The highest BCUT2D eigenvalue weighted by atomic mass is 127. The van der Waals surface area contributed by atoms with Gasteiger partial charge in [0.1, 0.15) is 5.75 Å². The van der Waals surface area contributed by atoms with Crippen molar-refractivity contribution in [3.05, 3.63) is 89.0 Å². The van der Waals surface area contributed by atoms with E-state index in [0.29, 0.717) is 25.4 Å². The van der Waals surface area contributed by atoms with Gasteiger partial charge < -0.3 is 10.4 Å². The van der Waals surface area contributed by atoms with Gasteiger partial charge in [0.2, 0.25) is 0 Å². The van der Waals surface area contributed by atoms with E-state index in [1.54, 1.807) is 48.5 Å². The summed E-state index contributed by atoms with van der Waals surface area (Å²) in [5.74, 6) is -1.24. The molecule has 2 N–H and O–H groups in total. The van der Waals surface area contributed by atoms with Crippen molar-refractivity contribution >= 4 is 68.4 Å². The molecule has 0 fully saturated rings. The number of hydrogen-bond donors (Lipinski definition) is 2. The van der Waals surface area contributed by atoms with Crippen molar-refractivity contribution in [1.29, 1.82) is 10.5 Å². The van der Waals surface area contributed by atoms with Gasteiger partial charge in [-0.3, -0.25) is 4.79 Å². The molecular weight excluding hydrogens is 628 g/mol. The SMILES string of the molecule is N#Cc1cc(NC(=O)c2cc(I)cc(I)c2O)ccc1C(C#N)c1ccc(Cl)cc1. The third-order valence-electron chi connectivity index (χ3n) is 4.35. The topological polar surface area (TPSA) is 96.9 Å². The zero-order valence-electron chi connectivity index (χ0n) is 15.2. The van der Waals surface area contributed by atoms with Crippen molar-refractivity contribution < 1.29 is 9.90 Å². The lowest BCUT2D eigenvalue weighted by molar-refractivity contribution is 0.102. The number of aromatic hydroxyl groups is 1. The van der Waals surface area contributed by atoms with E-state index in [0.717, 1.165) is 3.57 Å². The van der Waals surface area contributed by atoms with E-state index in [1.165, 1.54) is 6.07 Å². The van der Waals surface area contributed by atoms with Gasteiger partial charge in [-0.25, -0.2) is 0 Å². The summed E-state index contributed by atoms with van der Waals surface area (Å²) in [7, 11) is 0. The average Bonchev–Trinajstić information content (AvgIpc) is 2.73. The molecule has 0 radical (unpaired) electrons. The Morgan fingerprint density at radius 1 is 1.07 bits per heavy atom. The molecule has 0 aliphatic heterocycles. The third-order valence-corrected chi connectivity index (χ3v) is 6.04. The predicted octanol–water partition coefficient (Wildman–Crippen LogP) is 6.03. The molecule has 0 aromatic heterocycles. The summed E-state index contributed by atoms with van der Waals surface area (Å²) in [5, 5.41) is 32.7. The van der Waals surface area contributed by atoms with Gasteiger partial charge in [0.05, 0.1) is 32.8 Å². The van der Waals surface area contributed by atoms with Crippen LogP contribution in [0.3, 0.4) is 0 Å². The summed E-state index contributed by atoms with van der Waals surface area (Å²) in [6.07, 6.45) is 0. The quantitative estimate of drug-likeness (QED) is 0.341. The van der Waals surface area contributed by atoms with E-state index in [2.05, 4.69) is 40.0 Å². The number of benzene rings is 3. The minimum Gasteiger partial charge on any atom is -0.506 e. The van der Waals surface area contributed by atoms with Gasteiger partial charge in [-0.05, 0) is 92.7 Å². The summed E-state index contributed by atoms with van der Waals surface area (Å²) >= 11 is 9.95. The number of nitrogens with zero attached hydrogens (tertiary/aromatic N) is 2. The Balaban J connectivity index is 1.93. The van der Waals surface area contributed by atoms with Gasteiger partial charge in [-0.1, -0.05) is 29.8 Å². The molecule has 30 heavy (non-hydrogen) atoms. The van der Waals surface area contributed by atoms with Crippen LogP contribution >= 0.6 is 56.8 Å². The van der Waals surface area contributed by atoms with Crippen LogP contribution in [0.1, 0.15) is 33.0 Å². The van der Waals surface area contributed by atoms with Crippen LogP contribution in [0.15, 0.2) is 54.6 Å². The highest BCUT2D eigenvalue weighted by Crippen LogP contribution is 2.31. The standard InChI is InChI=1S/C22H12ClI2N3O2/c23-14-3-1-12(2-4-14)19(11-27)17-6-5-16(7-13(17)10-26)28-22(30)18-8-15(24)9-20(25)21(18)29/h1-9,19,29H,(H,28,30). The van der Waals surface area contributed by atoms with E-state index in [9.17, 15) is 20.4 Å². The molecule has 1 amide bonds. The molecule has 8 heteroatoms. The smallest absolute Gasteiger partial charge is 0.259 e. The van der Waals surface area contributed by atoms with E-state index < -0.39 is 11.8 Å². The number of carbonyl (C=O) groups excluding carboxylic acids is 1. The molecule has 148 valence electrons. The summed E-state index contributed by atoms with van der Waals surface area (Å²) in [6, 6.07) is 19.3. The first-order valence-electron chi connectivity index (χ1n) is 8.52. The molecule has 0 aliphatic rings. The number of phenols is 1. The average molecular weight is 640 g/mol. The molecular formula is C22H12ClI2N3O2. The van der Waals surface area contributed by atoms with Crippen LogP contribution in [0, 0.1) is 29.8 Å². The van der Waals surface area contributed by atoms with Gasteiger partial charge >= 0.3 is 0 Å². The van der Waals surface area contributed by atoms with E-state index in [4.69, 9.17) is 11.6 Å². The Bertz CT molecular complexity index is 1210. The Morgan fingerprint density at radius 2 is 1.77 bits per heavy atom. The summed E-state index contributed by atoms with van der Waals surface area (Å²) in [4.78, 5) is 12.6. The molecule has 5 nitrogen and oxygen atoms in total. The van der Waals surface area contributed by atoms with Crippen molar-refractivity contribution in [2.75, 3.05) is 5.32 Å². The maximum atomic E-state index is 12.6. The van der Waals surface area contributed by atoms with Crippen molar-refractivity contribution in [3.8, 4) is 17.9 Å². The molecule has 1 unspecified atom stereocenters. The Morgan fingerprint density at radius 3 is 2.40 bits per heavy atom. The van der Waals surface area contributed by atoms with Crippen LogP contribution in [-0.4, -0.2) is 11.0 Å². The van der Waals surface area contributed by atoms with Gasteiger partial charge in [0.15, 0.2) is 0 Å². The lowest BCUT2D eigenvalue weighted by atomic mass is 9.89. The van der Waals surface area contributed by atoms with Crippen LogP contribution in [0.5, 0.6) is 5.75 Å². The maximum absolute atomic E-state index is 12.6. The van der Waals surface area contributed by atoms with Crippen LogP contribution in [0.25, 0.3) is 0 Å². The van der Waals surface area contributed by atoms with Crippen molar-refractivity contribution in [2.24, 2.45) is 0 Å². The maximum Gasteiger partial charge on any atom is 0.259 e. The van der Waals surface area contributed by atoms with Gasteiger partial charge in [-0.15, -0.1) is 0 Å². The van der Waals surface area contributed by atoms with E-state index in [1.807, 2.05) is 22.6 Å². The lowest BCUT2D eigenvalue weighted by Gasteiger charge is -2.14.